The average molecular weight is 253 g/mol. The van der Waals surface area contributed by atoms with E-state index in [2.05, 4.69) is 21.2 Å². The number of amides is 1. The molecule has 0 aliphatic rings. The summed E-state index contributed by atoms with van der Waals surface area (Å²) in [6.45, 7) is 1.79. The number of anilines is 1. The predicted molar refractivity (Wildman–Crippen MR) is 57.8 cm³/mol. The van der Waals surface area contributed by atoms with Gasteiger partial charge in [0.05, 0.1) is 5.56 Å². The Balaban J connectivity index is 2.88. The molecule has 1 rings (SSSR count). The highest BCUT2D eigenvalue weighted by Crippen LogP contribution is 2.20. The number of nitrogens with zero attached hydrogens (tertiary/aromatic N) is 1. The molecule has 0 unspecified atom stereocenters. The van der Waals surface area contributed by atoms with Gasteiger partial charge in [0.25, 0.3) is 0 Å². The molecular weight excluding hydrogens is 244 g/mol. The second-order valence-corrected chi connectivity index (χ2v) is 3.56. The zero-order valence-electron chi connectivity index (χ0n) is 7.67. The molecule has 0 radical (unpaired) electrons. The van der Waals surface area contributed by atoms with Crippen LogP contribution in [0, 0.1) is 11.3 Å². The Kier molecular flexibility index (Phi) is 3.66. The SMILES string of the molecule is CCC(=O)Nc1ccc(C#N)c(Br)c1. The van der Waals surface area contributed by atoms with Crippen LogP contribution in [-0.2, 0) is 4.79 Å². The molecule has 3 nitrogen and oxygen atoms in total. The van der Waals surface area contributed by atoms with Crippen molar-refractivity contribution < 1.29 is 4.79 Å². The van der Waals surface area contributed by atoms with Crippen LogP contribution in [0.5, 0.6) is 0 Å². The first-order valence-electron chi connectivity index (χ1n) is 4.17. The normalized spacial score (nSPS) is 9.21. The van der Waals surface area contributed by atoms with Crippen molar-refractivity contribution in [1.29, 1.82) is 5.26 Å². The van der Waals surface area contributed by atoms with E-state index in [0.717, 1.165) is 0 Å². The maximum absolute atomic E-state index is 11.1. The third-order valence-corrected chi connectivity index (χ3v) is 2.35. The van der Waals surface area contributed by atoms with Crippen molar-refractivity contribution in [2.24, 2.45) is 0 Å². The average Bonchev–Trinajstić information content (AvgIpc) is 2.18. The van der Waals surface area contributed by atoms with Crippen molar-refractivity contribution in [3.63, 3.8) is 0 Å². The zero-order valence-corrected chi connectivity index (χ0v) is 9.26. The molecule has 1 aromatic rings. The number of nitrogens with one attached hydrogen (secondary N) is 1. The van der Waals surface area contributed by atoms with Gasteiger partial charge in [-0.3, -0.25) is 4.79 Å². The third-order valence-electron chi connectivity index (χ3n) is 1.69. The van der Waals surface area contributed by atoms with Gasteiger partial charge in [-0.05, 0) is 34.1 Å². The first-order valence-corrected chi connectivity index (χ1v) is 4.96. The summed E-state index contributed by atoms with van der Waals surface area (Å²) in [5, 5.41) is 11.4. The van der Waals surface area contributed by atoms with E-state index in [-0.39, 0.29) is 5.91 Å². The topological polar surface area (TPSA) is 52.9 Å². The summed E-state index contributed by atoms with van der Waals surface area (Å²) in [5.41, 5.74) is 1.25. The van der Waals surface area contributed by atoms with Crippen LogP contribution in [0.25, 0.3) is 0 Å². The van der Waals surface area contributed by atoms with Gasteiger partial charge in [0.15, 0.2) is 0 Å². The summed E-state index contributed by atoms with van der Waals surface area (Å²) in [7, 11) is 0. The van der Waals surface area contributed by atoms with E-state index in [1.54, 1.807) is 25.1 Å². The van der Waals surface area contributed by atoms with E-state index in [0.29, 0.717) is 22.1 Å². The maximum Gasteiger partial charge on any atom is 0.224 e. The van der Waals surface area contributed by atoms with Crippen LogP contribution < -0.4 is 5.32 Å². The molecule has 0 heterocycles. The van der Waals surface area contributed by atoms with Crippen LogP contribution in [0.4, 0.5) is 5.69 Å². The molecule has 0 atom stereocenters. The minimum Gasteiger partial charge on any atom is -0.326 e. The van der Waals surface area contributed by atoms with E-state index in [1.165, 1.54) is 0 Å². The van der Waals surface area contributed by atoms with E-state index in [9.17, 15) is 4.79 Å². The van der Waals surface area contributed by atoms with Gasteiger partial charge < -0.3 is 5.32 Å². The molecule has 1 amide bonds. The van der Waals surface area contributed by atoms with Gasteiger partial charge in [0, 0.05) is 16.6 Å². The smallest absolute Gasteiger partial charge is 0.224 e. The van der Waals surface area contributed by atoms with E-state index >= 15 is 0 Å². The number of carbonyl (C=O) groups excluding carboxylic acids is 1. The molecule has 0 spiro atoms. The number of hydrogen-bond donors (Lipinski definition) is 1. The van der Waals surface area contributed by atoms with Gasteiger partial charge in [0.2, 0.25) is 5.91 Å². The minimum atomic E-state index is -0.0402. The van der Waals surface area contributed by atoms with Gasteiger partial charge >= 0.3 is 0 Å². The third kappa shape index (κ3) is 2.57. The lowest BCUT2D eigenvalue weighted by molar-refractivity contribution is -0.115. The fraction of sp³-hybridized carbons (Fsp3) is 0.200. The van der Waals surface area contributed by atoms with Crippen LogP contribution in [0.3, 0.4) is 0 Å². The second-order valence-electron chi connectivity index (χ2n) is 2.71. The summed E-state index contributed by atoms with van der Waals surface area (Å²) in [4.78, 5) is 11.1. The Bertz CT molecular complexity index is 396. The minimum absolute atomic E-state index is 0.0402. The van der Waals surface area contributed by atoms with Gasteiger partial charge in [-0.25, -0.2) is 0 Å². The lowest BCUT2D eigenvalue weighted by Crippen LogP contribution is -2.09. The molecule has 0 aliphatic carbocycles. The van der Waals surface area contributed by atoms with Crippen molar-refractivity contribution >= 4 is 27.5 Å². The Hall–Kier alpha value is -1.34. The van der Waals surface area contributed by atoms with Crippen molar-refractivity contribution in [3.05, 3.63) is 28.2 Å². The van der Waals surface area contributed by atoms with Gasteiger partial charge in [0.1, 0.15) is 6.07 Å². The Morgan fingerprint density at radius 2 is 2.36 bits per heavy atom. The molecule has 1 aromatic carbocycles. The van der Waals surface area contributed by atoms with Gasteiger partial charge in [-0.1, -0.05) is 6.92 Å². The van der Waals surface area contributed by atoms with Crippen LogP contribution >= 0.6 is 15.9 Å². The molecule has 4 heteroatoms. The standard InChI is InChI=1S/C10H9BrN2O/c1-2-10(14)13-8-4-3-7(6-12)9(11)5-8/h3-5H,2H2,1H3,(H,13,14). The lowest BCUT2D eigenvalue weighted by Gasteiger charge is -2.04. The molecule has 0 aliphatic heterocycles. The van der Waals surface area contributed by atoms with Crippen molar-refractivity contribution in [3.8, 4) is 6.07 Å². The number of halogens is 1. The van der Waals surface area contributed by atoms with E-state index in [1.807, 2.05) is 6.07 Å². The van der Waals surface area contributed by atoms with Crippen LogP contribution in [-0.4, -0.2) is 5.91 Å². The van der Waals surface area contributed by atoms with Crippen LogP contribution in [0.2, 0.25) is 0 Å². The van der Waals surface area contributed by atoms with E-state index < -0.39 is 0 Å². The van der Waals surface area contributed by atoms with Crippen LogP contribution in [0.1, 0.15) is 18.9 Å². The number of benzene rings is 1. The fourth-order valence-electron chi connectivity index (χ4n) is 0.933. The van der Waals surface area contributed by atoms with E-state index in [4.69, 9.17) is 5.26 Å². The van der Waals surface area contributed by atoms with Gasteiger partial charge in [-0.15, -0.1) is 0 Å². The molecule has 0 aromatic heterocycles. The number of carbonyl (C=O) groups is 1. The molecule has 14 heavy (non-hydrogen) atoms. The largest absolute Gasteiger partial charge is 0.326 e. The molecule has 72 valence electrons. The highest BCUT2D eigenvalue weighted by molar-refractivity contribution is 9.10. The number of hydrogen-bond acceptors (Lipinski definition) is 2. The highest BCUT2D eigenvalue weighted by Gasteiger charge is 2.02. The molecule has 0 fully saturated rings. The summed E-state index contributed by atoms with van der Waals surface area (Å²) in [6, 6.07) is 7.11. The summed E-state index contributed by atoms with van der Waals surface area (Å²) >= 11 is 3.25. The quantitative estimate of drug-likeness (QED) is 0.880. The number of rotatable bonds is 2. The molecule has 1 N–H and O–H groups in total. The van der Waals surface area contributed by atoms with Crippen molar-refractivity contribution in [2.75, 3.05) is 5.32 Å². The summed E-state index contributed by atoms with van der Waals surface area (Å²) < 4.78 is 0.689. The Morgan fingerprint density at radius 1 is 1.64 bits per heavy atom. The predicted octanol–water partition coefficient (Wildman–Crippen LogP) is 2.67. The maximum atomic E-state index is 11.1. The monoisotopic (exact) mass is 252 g/mol. The Labute approximate surface area is 90.9 Å². The Morgan fingerprint density at radius 3 is 2.86 bits per heavy atom. The summed E-state index contributed by atoms with van der Waals surface area (Å²) in [5.74, 6) is -0.0402. The molecule has 0 saturated carbocycles. The summed E-state index contributed by atoms with van der Waals surface area (Å²) in [6.07, 6.45) is 0.442. The van der Waals surface area contributed by atoms with Crippen molar-refractivity contribution in [2.45, 2.75) is 13.3 Å². The lowest BCUT2D eigenvalue weighted by atomic mass is 10.2. The zero-order chi connectivity index (χ0) is 10.6. The fourth-order valence-corrected chi connectivity index (χ4v) is 1.40. The molecular formula is C10H9BrN2O. The molecule has 0 bridgehead atoms. The van der Waals surface area contributed by atoms with Crippen molar-refractivity contribution in [1.82, 2.24) is 0 Å². The van der Waals surface area contributed by atoms with Crippen LogP contribution in [0.15, 0.2) is 22.7 Å². The first-order chi connectivity index (χ1) is 6.67. The number of nitriles is 1. The van der Waals surface area contributed by atoms with Gasteiger partial charge in [-0.2, -0.15) is 5.26 Å². The molecule has 0 saturated heterocycles. The second kappa shape index (κ2) is 4.77. The first kappa shape index (κ1) is 10.7. The highest BCUT2D eigenvalue weighted by atomic mass is 79.9.